The SMILES string of the molecule is CCCCCCCCCCCCCCCCCCC[PH](CCCCCC)(CCCCCCCCCCCCCCCCCCC)CCCCCCCCCCCCCCCCCCC. The first-order valence-electron chi connectivity index (χ1n) is 31.7. The van der Waals surface area contributed by atoms with E-state index < -0.39 is 7.26 Å². The fraction of sp³-hybridized carbons (Fsp3) is 1.00. The van der Waals surface area contributed by atoms with Gasteiger partial charge < -0.3 is 0 Å². The molecule has 0 heterocycles. The third kappa shape index (κ3) is 51.8. The third-order valence-electron chi connectivity index (χ3n) is 16.0. The van der Waals surface area contributed by atoms with Gasteiger partial charge in [-0.05, 0) is 0 Å². The molecule has 0 amide bonds. The smallest absolute Gasteiger partial charge is 0.0654 e. The minimum Gasteiger partial charge on any atom is -0.0654 e. The summed E-state index contributed by atoms with van der Waals surface area (Å²) in [7, 11) is -1.17. The Labute approximate surface area is 410 Å². The molecule has 388 valence electrons. The Morgan fingerprint density at radius 1 is 0.125 bits per heavy atom. The van der Waals surface area contributed by atoms with Crippen molar-refractivity contribution in [2.24, 2.45) is 0 Å². The topological polar surface area (TPSA) is 0 Å². The van der Waals surface area contributed by atoms with Crippen molar-refractivity contribution in [2.45, 2.75) is 381 Å². The zero-order valence-electron chi connectivity index (χ0n) is 46.2. The van der Waals surface area contributed by atoms with Crippen LogP contribution in [-0.4, -0.2) is 24.6 Å². The van der Waals surface area contributed by atoms with Gasteiger partial charge >= 0.3 is 276 Å². The van der Waals surface area contributed by atoms with Crippen LogP contribution in [0.5, 0.6) is 0 Å². The monoisotopic (exact) mass is 919 g/mol. The number of hydrogen-bond acceptors (Lipinski definition) is 0. The van der Waals surface area contributed by atoms with E-state index in [0.29, 0.717) is 0 Å². The summed E-state index contributed by atoms with van der Waals surface area (Å²) < 4.78 is 0. The van der Waals surface area contributed by atoms with Gasteiger partial charge in [0.05, 0.1) is 0 Å². The molecular formula is C63H131P. The van der Waals surface area contributed by atoms with Crippen LogP contribution in [0.15, 0.2) is 0 Å². The fourth-order valence-electron chi connectivity index (χ4n) is 11.4. The van der Waals surface area contributed by atoms with E-state index in [1.165, 1.54) is 308 Å². The van der Waals surface area contributed by atoms with Crippen LogP contribution in [0.2, 0.25) is 0 Å². The average Bonchev–Trinajstić information content (AvgIpc) is 3.30. The van der Waals surface area contributed by atoms with Gasteiger partial charge in [0.25, 0.3) is 0 Å². The standard InChI is InChI=1S/C63H131P/c1-5-9-13-17-20-23-26-29-32-35-38-41-44-47-50-53-57-61-64(60-56-16-12-8-4,62-58-54-51-48-45-42-39-36-33-30-27-24-21-18-14-10-6-2)63-59-55-52-49-46-43-40-37-34-31-28-25-22-19-15-11-7-3/h64H,5-63H2,1-4H3. The van der Waals surface area contributed by atoms with Crippen molar-refractivity contribution in [3.63, 3.8) is 0 Å². The normalized spacial score (nSPS) is 12.2. The predicted molar refractivity (Wildman–Crippen MR) is 304 cm³/mol. The first-order valence-corrected chi connectivity index (χ1v) is 34.6. The quantitative estimate of drug-likeness (QED) is 0.0421. The number of unbranched alkanes of at least 4 members (excludes halogenated alkanes) is 51. The fourth-order valence-corrected chi connectivity index (χ4v) is 16.9. The molecule has 0 saturated carbocycles. The van der Waals surface area contributed by atoms with Gasteiger partial charge in [-0.25, -0.2) is 0 Å². The molecule has 0 aliphatic heterocycles. The summed E-state index contributed by atoms with van der Waals surface area (Å²) in [5.74, 6) is 0. The van der Waals surface area contributed by atoms with Gasteiger partial charge in [0.1, 0.15) is 0 Å². The van der Waals surface area contributed by atoms with Crippen molar-refractivity contribution in [3.8, 4) is 0 Å². The Morgan fingerprint density at radius 2 is 0.219 bits per heavy atom. The molecule has 64 heavy (non-hydrogen) atoms. The molecule has 0 aliphatic carbocycles. The maximum atomic E-state index is 2.41. The van der Waals surface area contributed by atoms with Gasteiger partial charge in [0.2, 0.25) is 0 Å². The molecule has 0 saturated heterocycles. The summed E-state index contributed by atoms with van der Waals surface area (Å²) in [6.07, 6.45) is 89.0. The number of hydrogen-bond donors (Lipinski definition) is 0. The summed E-state index contributed by atoms with van der Waals surface area (Å²) in [5.41, 5.74) is 0. The summed E-state index contributed by atoms with van der Waals surface area (Å²) >= 11 is 0. The summed E-state index contributed by atoms with van der Waals surface area (Å²) in [5, 5.41) is 0. The van der Waals surface area contributed by atoms with E-state index in [0.717, 1.165) is 0 Å². The molecule has 0 fully saturated rings. The molecule has 0 rings (SSSR count). The molecule has 0 aromatic heterocycles. The Morgan fingerprint density at radius 3 is 0.344 bits per heavy atom. The number of rotatable bonds is 59. The minimum atomic E-state index is -1.17. The van der Waals surface area contributed by atoms with E-state index in [1.807, 2.05) is 0 Å². The molecular weight excluding hydrogens is 788 g/mol. The molecule has 0 atom stereocenters. The van der Waals surface area contributed by atoms with E-state index in [1.54, 1.807) is 69.6 Å². The molecule has 0 aromatic carbocycles. The van der Waals surface area contributed by atoms with Crippen molar-refractivity contribution in [1.29, 1.82) is 0 Å². The van der Waals surface area contributed by atoms with Crippen molar-refractivity contribution < 1.29 is 0 Å². The zero-order chi connectivity index (χ0) is 46.2. The van der Waals surface area contributed by atoms with E-state index in [4.69, 9.17) is 0 Å². The second-order valence-electron chi connectivity index (χ2n) is 22.5. The summed E-state index contributed by atoms with van der Waals surface area (Å²) in [4.78, 5) is 0. The molecule has 0 unspecified atom stereocenters. The van der Waals surface area contributed by atoms with Gasteiger partial charge in [0, 0.05) is 0 Å². The van der Waals surface area contributed by atoms with E-state index in [9.17, 15) is 0 Å². The molecule has 0 nitrogen and oxygen atoms in total. The van der Waals surface area contributed by atoms with Crippen LogP contribution in [-0.2, 0) is 0 Å². The molecule has 0 aliphatic rings. The molecule has 0 N–H and O–H groups in total. The van der Waals surface area contributed by atoms with Crippen LogP contribution in [0.3, 0.4) is 0 Å². The van der Waals surface area contributed by atoms with Gasteiger partial charge in [-0.2, -0.15) is 0 Å². The molecule has 1 heteroatoms. The van der Waals surface area contributed by atoms with E-state index in [2.05, 4.69) is 27.7 Å². The second-order valence-corrected chi connectivity index (χ2v) is 27.5. The van der Waals surface area contributed by atoms with Crippen LogP contribution < -0.4 is 0 Å². The van der Waals surface area contributed by atoms with Crippen LogP contribution in [0.25, 0.3) is 0 Å². The maximum absolute atomic E-state index is 2.41. The van der Waals surface area contributed by atoms with Crippen LogP contribution in [0, 0.1) is 0 Å². The minimum absolute atomic E-state index is 1.17. The van der Waals surface area contributed by atoms with Gasteiger partial charge in [0.15, 0.2) is 0 Å². The molecule has 0 aromatic rings. The Hall–Kier alpha value is 0.430. The van der Waals surface area contributed by atoms with Crippen molar-refractivity contribution in [2.75, 3.05) is 24.6 Å². The van der Waals surface area contributed by atoms with Crippen molar-refractivity contribution in [1.82, 2.24) is 0 Å². The third-order valence-corrected chi connectivity index (χ3v) is 21.6. The van der Waals surface area contributed by atoms with Crippen molar-refractivity contribution in [3.05, 3.63) is 0 Å². The molecule has 0 bridgehead atoms. The first-order chi connectivity index (χ1) is 31.7. The Bertz CT molecular complexity index is 695. The molecule has 0 spiro atoms. The van der Waals surface area contributed by atoms with Crippen molar-refractivity contribution >= 4 is 7.26 Å². The summed E-state index contributed by atoms with van der Waals surface area (Å²) in [6, 6.07) is 0. The van der Waals surface area contributed by atoms with Gasteiger partial charge in [-0.15, -0.1) is 0 Å². The zero-order valence-corrected chi connectivity index (χ0v) is 47.2. The second kappa shape index (κ2) is 57.7. The predicted octanol–water partition coefficient (Wildman–Crippen LogP) is 24.3. The van der Waals surface area contributed by atoms with Crippen LogP contribution >= 0.6 is 7.26 Å². The Balaban J connectivity index is 4.55. The van der Waals surface area contributed by atoms with Gasteiger partial charge in [-0.3, -0.25) is 0 Å². The van der Waals surface area contributed by atoms with E-state index >= 15 is 0 Å². The molecule has 0 radical (unpaired) electrons. The first kappa shape index (κ1) is 64.4. The average molecular weight is 920 g/mol. The summed E-state index contributed by atoms with van der Waals surface area (Å²) in [6.45, 7) is 9.40. The van der Waals surface area contributed by atoms with Crippen LogP contribution in [0.1, 0.15) is 381 Å². The Kier molecular flexibility index (Phi) is 58.1. The van der Waals surface area contributed by atoms with E-state index in [-0.39, 0.29) is 0 Å². The van der Waals surface area contributed by atoms with Crippen LogP contribution in [0.4, 0.5) is 0 Å². The van der Waals surface area contributed by atoms with Gasteiger partial charge in [-0.1, -0.05) is 136 Å².